The number of nitrogens with one attached hydrogen (secondary N) is 1. The molecule has 0 fully saturated rings. The molecule has 0 spiro atoms. The molecule has 1 aromatic rings. The quantitative estimate of drug-likeness (QED) is 0.718. The van der Waals surface area contributed by atoms with Gasteiger partial charge in [-0.05, 0) is 30.7 Å². The lowest BCUT2D eigenvalue weighted by Gasteiger charge is -2.15. The molecule has 0 aliphatic heterocycles. The Labute approximate surface area is 119 Å². The Morgan fingerprint density at radius 3 is 2.60 bits per heavy atom. The second-order valence-corrected chi connectivity index (χ2v) is 4.48. The summed E-state index contributed by atoms with van der Waals surface area (Å²) < 4.78 is 12.9. The van der Waals surface area contributed by atoms with E-state index in [1.807, 2.05) is 0 Å². The van der Waals surface area contributed by atoms with E-state index in [0.29, 0.717) is 5.56 Å². The highest BCUT2D eigenvalue weighted by Gasteiger charge is 2.23. The Morgan fingerprint density at radius 1 is 1.45 bits per heavy atom. The number of aliphatic hydroxyl groups is 1. The number of carbonyl (C=O) groups excluding carboxylic acids is 1. The number of hydrogen-bond donors (Lipinski definition) is 3. The second-order valence-electron chi connectivity index (χ2n) is 4.07. The van der Waals surface area contributed by atoms with Gasteiger partial charge in [-0.3, -0.25) is 4.79 Å². The molecule has 108 valence electrons. The van der Waals surface area contributed by atoms with Gasteiger partial charge in [0.15, 0.2) is 6.04 Å². The minimum Gasteiger partial charge on any atom is -0.480 e. The number of carboxylic acids is 1. The van der Waals surface area contributed by atoms with Crippen LogP contribution >= 0.6 is 11.6 Å². The number of benzene rings is 1. The zero-order chi connectivity index (χ0) is 15.3. The van der Waals surface area contributed by atoms with E-state index in [1.54, 1.807) is 0 Å². The van der Waals surface area contributed by atoms with E-state index in [4.69, 9.17) is 16.7 Å². The zero-order valence-corrected chi connectivity index (χ0v) is 11.3. The first kappa shape index (κ1) is 16.1. The van der Waals surface area contributed by atoms with Gasteiger partial charge in [0, 0.05) is 6.08 Å². The molecule has 5 nitrogen and oxygen atoms in total. The molecule has 2 unspecified atom stereocenters. The molecule has 2 atom stereocenters. The molecule has 1 rings (SSSR count). The van der Waals surface area contributed by atoms with Gasteiger partial charge in [0.05, 0.1) is 11.1 Å². The van der Waals surface area contributed by atoms with E-state index in [-0.39, 0.29) is 5.02 Å². The number of aliphatic hydroxyl groups excluding tert-OH is 1. The van der Waals surface area contributed by atoms with Crippen molar-refractivity contribution in [2.45, 2.75) is 19.1 Å². The molecule has 3 N–H and O–H groups in total. The maximum Gasteiger partial charge on any atom is 0.328 e. The lowest BCUT2D eigenvalue weighted by Crippen LogP contribution is -2.47. The minimum absolute atomic E-state index is 0.0834. The Balaban J connectivity index is 2.72. The van der Waals surface area contributed by atoms with Crippen molar-refractivity contribution in [2.75, 3.05) is 0 Å². The van der Waals surface area contributed by atoms with Crippen molar-refractivity contribution in [1.29, 1.82) is 0 Å². The number of carbonyl (C=O) groups is 2. The predicted molar refractivity (Wildman–Crippen MR) is 71.7 cm³/mol. The largest absolute Gasteiger partial charge is 0.480 e. The van der Waals surface area contributed by atoms with E-state index < -0.39 is 29.8 Å². The van der Waals surface area contributed by atoms with Crippen LogP contribution in [0.1, 0.15) is 12.5 Å². The summed E-state index contributed by atoms with van der Waals surface area (Å²) in [5, 5.41) is 20.0. The van der Waals surface area contributed by atoms with Crippen molar-refractivity contribution < 1.29 is 24.2 Å². The summed E-state index contributed by atoms with van der Waals surface area (Å²) in [6.07, 6.45) is 1.19. The number of rotatable bonds is 5. The molecule has 1 aromatic carbocycles. The summed E-state index contributed by atoms with van der Waals surface area (Å²) in [5.74, 6) is -2.61. The van der Waals surface area contributed by atoms with Gasteiger partial charge in [0.1, 0.15) is 5.82 Å². The van der Waals surface area contributed by atoms with Gasteiger partial charge in [0.25, 0.3) is 0 Å². The number of amides is 1. The number of halogens is 2. The van der Waals surface area contributed by atoms with Crippen molar-refractivity contribution in [1.82, 2.24) is 5.32 Å². The monoisotopic (exact) mass is 301 g/mol. The first-order valence-corrected chi connectivity index (χ1v) is 6.03. The highest BCUT2D eigenvalue weighted by atomic mass is 35.5. The van der Waals surface area contributed by atoms with E-state index in [9.17, 15) is 19.1 Å². The fourth-order valence-electron chi connectivity index (χ4n) is 1.38. The van der Waals surface area contributed by atoms with Crippen molar-refractivity contribution in [2.24, 2.45) is 0 Å². The van der Waals surface area contributed by atoms with Crippen LogP contribution in [0.2, 0.25) is 5.02 Å². The summed E-state index contributed by atoms with van der Waals surface area (Å²) in [5.41, 5.74) is 0.482. The molecule has 0 aliphatic carbocycles. The van der Waals surface area contributed by atoms with Crippen LogP contribution in [-0.4, -0.2) is 34.2 Å². The molecule has 20 heavy (non-hydrogen) atoms. The molecule has 0 aliphatic rings. The molecule has 1 amide bonds. The summed E-state index contributed by atoms with van der Waals surface area (Å²) in [6.45, 7) is 1.25. The minimum atomic E-state index is -1.40. The normalized spacial score (nSPS) is 14.0. The van der Waals surface area contributed by atoms with E-state index in [0.717, 1.165) is 12.1 Å². The standard InChI is InChI=1S/C13H13ClFNO4/c1-7(17)12(13(19)20)16-11(18)5-3-8-2-4-10(15)9(14)6-8/h2-7,12,17H,1H3,(H,16,18)(H,19,20)/b5-3+. The van der Waals surface area contributed by atoms with Crippen LogP contribution in [0.5, 0.6) is 0 Å². The molecular formula is C13H13ClFNO4. The highest BCUT2D eigenvalue weighted by molar-refractivity contribution is 6.30. The SMILES string of the molecule is CC(O)C(NC(=O)/C=C/c1ccc(F)c(Cl)c1)C(=O)O. The van der Waals surface area contributed by atoms with Crippen LogP contribution < -0.4 is 5.32 Å². The molecule has 0 bridgehead atoms. The first-order chi connectivity index (χ1) is 9.31. The van der Waals surface area contributed by atoms with E-state index in [1.165, 1.54) is 25.1 Å². The predicted octanol–water partition coefficient (Wildman–Crippen LogP) is 1.44. The third kappa shape index (κ3) is 4.64. The van der Waals surface area contributed by atoms with Crippen LogP contribution in [0.4, 0.5) is 4.39 Å². The van der Waals surface area contributed by atoms with Gasteiger partial charge in [-0.1, -0.05) is 17.7 Å². The van der Waals surface area contributed by atoms with Crippen molar-refractivity contribution in [3.05, 3.63) is 40.7 Å². The average Bonchev–Trinajstić information content (AvgIpc) is 2.36. The van der Waals surface area contributed by atoms with Gasteiger partial charge >= 0.3 is 5.97 Å². The molecule has 0 heterocycles. The summed E-state index contributed by atoms with van der Waals surface area (Å²) >= 11 is 5.58. The zero-order valence-electron chi connectivity index (χ0n) is 10.5. The summed E-state index contributed by atoms with van der Waals surface area (Å²) in [6, 6.07) is 2.48. The molecule has 0 saturated heterocycles. The average molecular weight is 302 g/mol. The summed E-state index contributed by atoms with van der Waals surface area (Å²) in [7, 11) is 0. The molecule has 0 radical (unpaired) electrons. The molecule has 7 heteroatoms. The van der Waals surface area contributed by atoms with Crippen molar-refractivity contribution in [3.63, 3.8) is 0 Å². The van der Waals surface area contributed by atoms with Crippen molar-refractivity contribution in [3.8, 4) is 0 Å². The Hall–Kier alpha value is -1.92. The lowest BCUT2D eigenvalue weighted by molar-refractivity contribution is -0.144. The fourth-order valence-corrected chi connectivity index (χ4v) is 1.57. The molecule has 0 aromatic heterocycles. The number of carboxylic acid groups (broad SMARTS) is 1. The van der Waals surface area contributed by atoms with Gasteiger partial charge in [-0.15, -0.1) is 0 Å². The number of aliphatic carboxylic acids is 1. The van der Waals surface area contributed by atoms with Crippen LogP contribution in [-0.2, 0) is 9.59 Å². The van der Waals surface area contributed by atoms with Gasteiger partial charge in [0.2, 0.25) is 5.91 Å². The third-order valence-corrected chi connectivity index (χ3v) is 2.71. The fraction of sp³-hybridized carbons (Fsp3) is 0.231. The van der Waals surface area contributed by atoms with Gasteiger partial charge in [-0.25, -0.2) is 9.18 Å². The lowest BCUT2D eigenvalue weighted by atomic mass is 10.1. The maximum atomic E-state index is 12.9. The Bertz CT molecular complexity index is 545. The smallest absolute Gasteiger partial charge is 0.328 e. The summed E-state index contributed by atoms with van der Waals surface area (Å²) in [4.78, 5) is 22.3. The van der Waals surface area contributed by atoms with Gasteiger partial charge in [-0.2, -0.15) is 0 Å². The van der Waals surface area contributed by atoms with E-state index in [2.05, 4.69) is 5.32 Å². The van der Waals surface area contributed by atoms with E-state index >= 15 is 0 Å². The molecule has 0 saturated carbocycles. The Morgan fingerprint density at radius 2 is 2.10 bits per heavy atom. The van der Waals surface area contributed by atoms with Crippen LogP contribution in [0, 0.1) is 5.82 Å². The highest BCUT2D eigenvalue weighted by Crippen LogP contribution is 2.16. The third-order valence-electron chi connectivity index (χ3n) is 2.42. The van der Waals surface area contributed by atoms with Crippen LogP contribution in [0.3, 0.4) is 0 Å². The topological polar surface area (TPSA) is 86.6 Å². The first-order valence-electron chi connectivity index (χ1n) is 5.65. The van der Waals surface area contributed by atoms with Crippen LogP contribution in [0.25, 0.3) is 6.08 Å². The Kier molecular flexibility index (Phi) is 5.66. The maximum absolute atomic E-state index is 12.9. The second kappa shape index (κ2) is 7.02. The van der Waals surface area contributed by atoms with Crippen LogP contribution in [0.15, 0.2) is 24.3 Å². The molecular weight excluding hydrogens is 289 g/mol. The van der Waals surface area contributed by atoms with Crippen molar-refractivity contribution >= 4 is 29.6 Å². The number of hydrogen-bond acceptors (Lipinski definition) is 3. The van der Waals surface area contributed by atoms with Gasteiger partial charge < -0.3 is 15.5 Å².